The standard InChI is InChI=1S/C12H11N5O/c18-10-4-2-9(3-5-10)14-8-11-15-16-12-13-6-1-7-17(11)12/h1-7,14,18H,8H2. The summed E-state index contributed by atoms with van der Waals surface area (Å²) in [6.07, 6.45) is 3.55. The number of hydrogen-bond donors (Lipinski definition) is 2. The van der Waals surface area contributed by atoms with Crippen LogP contribution in [0.15, 0.2) is 42.7 Å². The summed E-state index contributed by atoms with van der Waals surface area (Å²) in [5, 5.41) is 20.4. The average molecular weight is 241 g/mol. The maximum Gasteiger partial charge on any atom is 0.254 e. The van der Waals surface area contributed by atoms with Crippen molar-refractivity contribution in [1.29, 1.82) is 0 Å². The zero-order chi connectivity index (χ0) is 12.4. The maximum atomic E-state index is 9.19. The summed E-state index contributed by atoms with van der Waals surface area (Å²) in [5.41, 5.74) is 0.911. The van der Waals surface area contributed by atoms with Gasteiger partial charge in [-0.15, -0.1) is 10.2 Å². The monoisotopic (exact) mass is 241 g/mol. The number of phenolic OH excluding ortho intramolecular Hbond substituents is 1. The van der Waals surface area contributed by atoms with Gasteiger partial charge in [-0.1, -0.05) is 0 Å². The largest absolute Gasteiger partial charge is 0.508 e. The topological polar surface area (TPSA) is 75.3 Å². The van der Waals surface area contributed by atoms with Gasteiger partial charge in [-0.2, -0.15) is 0 Å². The first kappa shape index (κ1) is 10.5. The molecule has 1 aromatic carbocycles. The Morgan fingerprint density at radius 1 is 1.17 bits per heavy atom. The van der Waals surface area contributed by atoms with Crippen LogP contribution in [0, 0.1) is 0 Å². The van der Waals surface area contributed by atoms with E-state index in [-0.39, 0.29) is 5.75 Å². The molecule has 0 bridgehead atoms. The van der Waals surface area contributed by atoms with Gasteiger partial charge in [0.2, 0.25) is 0 Å². The van der Waals surface area contributed by atoms with Gasteiger partial charge in [0, 0.05) is 18.1 Å². The van der Waals surface area contributed by atoms with Crippen molar-refractivity contribution >= 4 is 11.5 Å². The van der Waals surface area contributed by atoms with Gasteiger partial charge < -0.3 is 10.4 Å². The van der Waals surface area contributed by atoms with E-state index in [4.69, 9.17) is 0 Å². The number of aromatic nitrogens is 4. The first-order chi connectivity index (χ1) is 8.83. The minimum absolute atomic E-state index is 0.248. The number of hydrogen-bond acceptors (Lipinski definition) is 5. The lowest BCUT2D eigenvalue weighted by Crippen LogP contribution is -2.04. The predicted molar refractivity (Wildman–Crippen MR) is 66.2 cm³/mol. The Morgan fingerprint density at radius 3 is 2.83 bits per heavy atom. The van der Waals surface area contributed by atoms with E-state index < -0.39 is 0 Å². The van der Waals surface area contributed by atoms with Gasteiger partial charge in [0.15, 0.2) is 5.82 Å². The van der Waals surface area contributed by atoms with E-state index in [9.17, 15) is 5.11 Å². The van der Waals surface area contributed by atoms with Crippen molar-refractivity contribution in [2.24, 2.45) is 0 Å². The lowest BCUT2D eigenvalue weighted by Gasteiger charge is -2.04. The van der Waals surface area contributed by atoms with Crippen LogP contribution in [-0.2, 0) is 6.54 Å². The highest BCUT2D eigenvalue weighted by molar-refractivity contribution is 5.46. The SMILES string of the molecule is Oc1ccc(NCc2nnc3ncccn23)cc1. The fourth-order valence-electron chi connectivity index (χ4n) is 1.67. The van der Waals surface area contributed by atoms with E-state index in [0.29, 0.717) is 12.3 Å². The van der Waals surface area contributed by atoms with E-state index in [1.54, 1.807) is 30.5 Å². The van der Waals surface area contributed by atoms with Crippen molar-refractivity contribution in [1.82, 2.24) is 19.6 Å². The van der Waals surface area contributed by atoms with Gasteiger partial charge in [-0.25, -0.2) is 4.98 Å². The molecule has 0 atom stereocenters. The molecule has 90 valence electrons. The lowest BCUT2D eigenvalue weighted by molar-refractivity contribution is 0.475. The fourth-order valence-corrected chi connectivity index (χ4v) is 1.67. The molecular weight excluding hydrogens is 230 g/mol. The minimum Gasteiger partial charge on any atom is -0.508 e. The molecule has 0 saturated heterocycles. The Morgan fingerprint density at radius 2 is 2.00 bits per heavy atom. The van der Waals surface area contributed by atoms with Crippen molar-refractivity contribution in [3.8, 4) is 5.75 Å². The highest BCUT2D eigenvalue weighted by Crippen LogP contribution is 2.14. The maximum absolute atomic E-state index is 9.19. The molecule has 0 saturated carbocycles. The highest BCUT2D eigenvalue weighted by Gasteiger charge is 2.04. The molecule has 18 heavy (non-hydrogen) atoms. The zero-order valence-electron chi connectivity index (χ0n) is 9.48. The van der Waals surface area contributed by atoms with Crippen molar-refractivity contribution in [3.05, 3.63) is 48.5 Å². The van der Waals surface area contributed by atoms with E-state index >= 15 is 0 Å². The normalized spacial score (nSPS) is 10.7. The third-order valence-electron chi connectivity index (χ3n) is 2.58. The third kappa shape index (κ3) is 1.95. The van der Waals surface area contributed by atoms with Crippen molar-refractivity contribution in [2.45, 2.75) is 6.54 Å². The van der Waals surface area contributed by atoms with Gasteiger partial charge in [-0.05, 0) is 30.3 Å². The molecule has 0 aliphatic carbocycles. The van der Waals surface area contributed by atoms with Gasteiger partial charge >= 0.3 is 0 Å². The predicted octanol–water partition coefficient (Wildman–Crippen LogP) is 1.44. The highest BCUT2D eigenvalue weighted by atomic mass is 16.3. The van der Waals surface area contributed by atoms with Gasteiger partial charge in [0.05, 0.1) is 6.54 Å². The van der Waals surface area contributed by atoms with E-state index in [2.05, 4.69) is 20.5 Å². The second kappa shape index (κ2) is 4.33. The molecule has 0 radical (unpaired) electrons. The molecule has 6 nitrogen and oxygen atoms in total. The number of nitrogens with zero attached hydrogens (tertiary/aromatic N) is 4. The zero-order valence-corrected chi connectivity index (χ0v) is 9.48. The summed E-state index contributed by atoms with van der Waals surface area (Å²) in [6, 6.07) is 8.70. The fraction of sp³-hybridized carbons (Fsp3) is 0.0833. The van der Waals surface area contributed by atoms with E-state index in [1.807, 2.05) is 16.7 Å². The summed E-state index contributed by atoms with van der Waals surface area (Å²) < 4.78 is 1.83. The molecule has 0 aliphatic heterocycles. The molecule has 0 amide bonds. The number of rotatable bonds is 3. The molecule has 3 rings (SSSR count). The van der Waals surface area contributed by atoms with Crippen LogP contribution >= 0.6 is 0 Å². The van der Waals surface area contributed by atoms with Crippen molar-refractivity contribution in [3.63, 3.8) is 0 Å². The molecule has 0 aliphatic rings. The number of aromatic hydroxyl groups is 1. The Balaban J connectivity index is 1.79. The van der Waals surface area contributed by atoms with Crippen LogP contribution in [0.4, 0.5) is 5.69 Å². The van der Waals surface area contributed by atoms with Crippen LogP contribution in [0.2, 0.25) is 0 Å². The number of anilines is 1. The van der Waals surface area contributed by atoms with Crippen LogP contribution in [0.1, 0.15) is 5.82 Å². The first-order valence-corrected chi connectivity index (χ1v) is 5.50. The van der Waals surface area contributed by atoms with Crippen LogP contribution < -0.4 is 5.32 Å². The summed E-state index contributed by atoms with van der Waals surface area (Å²) in [4.78, 5) is 4.10. The summed E-state index contributed by atoms with van der Waals surface area (Å²) in [5.74, 6) is 1.61. The number of benzene rings is 1. The Labute approximate surface area is 103 Å². The molecule has 6 heteroatoms. The van der Waals surface area contributed by atoms with E-state index in [0.717, 1.165) is 11.5 Å². The van der Waals surface area contributed by atoms with Crippen LogP contribution in [0.25, 0.3) is 5.78 Å². The molecule has 0 fully saturated rings. The Kier molecular flexibility index (Phi) is 2.53. The molecule has 2 N–H and O–H groups in total. The second-order valence-electron chi connectivity index (χ2n) is 3.81. The van der Waals surface area contributed by atoms with Gasteiger partial charge in [0.25, 0.3) is 5.78 Å². The molecule has 2 heterocycles. The molecule has 2 aromatic heterocycles. The summed E-state index contributed by atoms with van der Waals surface area (Å²) >= 11 is 0. The van der Waals surface area contributed by atoms with Crippen LogP contribution in [0.5, 0.6) is 5.75 Å². The lowest BCUT2D eigenvalue weighted by atomic mass is 10.3. The average Bonchev–Trinajstić information content (AvgIpc) is 2.82. The van der Waals surface area contributed by atoms with Crippen LogP contribution in [-0.4, -0.2) is 24.7 Å². The number of fused-ring (bicyclic) bond motifs is 1. The first-order valence-electron chi connectivity index (χ1n) is 5.50. The summed E-state index contributed by atoms with van der Waals surface area (Å²) in [7, 11) is 0. The van der Waals surface area contributed by atoms with Crippen molar-refractivity contribution < 1.29 is 5.11 Å². The van der Waals surface area contributed by atoms with Crippen LogP contribution in [0.3, 0.4) is 0 Å². The molecule has 3 aromatic rings. The second-order valence-corrected chi connectivity index (χ2v) is 3.81. The molecule has 0 spiro atoms. The quantitative estimate of drug-likeness (QED) is 0.679. The minimum atomic E-state index is 0.248. The number of nitrogens with one attached hydrogen (secondary N) is 1. The summed E-state index contributed by atoms with van der Waals surface area (Å²) in [6.45, 7) is 0.539. The van der Waals surface area contributed by atoms with Gasteiger partial charge in [-0.3, -0.25) is 4.40 Å². The Hall–Kier alpha value is -2.63. The number of phenols is 1. The third-order valence-corrected chi connectivity index (χ3v) is 2.58. The van der Waals surface area contributed by atoms with E-state index in [1.165, 1.54) is 0 Å². The molecular formula is C12H11N5O. The van der Waals surface area contributed by atoms with Crippen molar-refractivity contribution in [2.75, 3.05) is 5.32 Å². The van der Waals surface area contributed by atoms with Gasteiger partial charge in [0.1, 0.15) is 5.75 Å². The Bertz CT molecular complexity index is 662. The smallest absolute Gasteiger partial charge is 0.254 e. The molecule has 0 unspecified atom stereocenters.